The Bertz CT molecular complexity index is 1130. The summed E-state index contributed by atoms with van der Waals surface area (Å²) in [6.07, 6.45) is 3.78. The topological polar surface area (TPSA) is 95.9 Å². The highest BCUT2D eigenvalue weighted by atomic mass is 16.5. The van der Waals surface area contributed by atoms with Gasteiger partial charge in [-0.15, -0.1) is 6.58 Å². The summed E-state index contributed by atoms with van der Waals surface area (Å²) in [7, 11) is 0. The third-order valence-corrected chi connectivity index (χ3v) is 7.94. The fraction of sp³-hybridized carbons (Fsp3) is 0.393. The molecule has 0 bridgehead atoms. The molecule has 5 rings (SSSR count). The molecule has 1 heterocycles. The number of aliphatic carboxylic acids is 1. The van der Waals surface area contributed by atoms with Crippen LogP contribution in [0.5, 0.6) is 0 Å². The van der Waals surface area contributed by atoms with Crippen molar-refractivity contribution in [3.8, 4) is 11.1 Å². The zero-order valence-electron chi connectivity index (χ0n) is 19.6. The number of rotatable bonds is 7. The highest BCUT2D eigenvalue weighted by Crippen LogP contribution is 2.52. The molecule has 0 aromatic heterocycles. The number of alkyl carbamates (subject to hydrolysis) is 1. The Balaban J connectivity index is 1.24. The van der Waals surface area contributed by atoms with Gasteiger partial charge in [-0.2, -0.15) is 0 Å². The highest BCUT2D eigenvalue weighted by molar-refractivity contribution is 5.87. The molecule has 2 amide bonds. The molecular weight excluding hydrogens is 444 g/mol. The van der Waals surface area contributed by atoms with Crippen LogP contribution in [0, 0.1) is 11.3 Å². The van der Waals surface area contributed by atoms with Crippen LogP contribution in [0.15, 0.2) is 61.2 Å². The van der Waals surface area contributed by atoms with Crippen LogP contribution in [0.3, 0.4) is 0 Å². The Labute approximate surface area is 204 Å². The van der Waals surface area contributed by atoms with Gasteiger partial charge in [-0.05, 0) is 41.5 Å². The number of nitrogens with zero attached hydrogens (tertiary/aromatic N) is 1. The molecule has 7 nitrogen and oxygen atoms in total. The SMILES string of the molecule is C=CCC(NC(=O)OCC1c2ccccc2-c2ccccc21)C(=O)N1CC(C(=O)O)C2(CCC2)C1. The largest absolute Gasteiger partial charge is 0.481 e. The molecule has 2 aliphatic carbocycles. The van der Waals surface area contributed by atoms with E-state index in [-0.39, 0.29) is 36.8 Å². The minimum absolute atomic E-state index is 0.0740. The maximum Gasteiger partial charge on any atom is 0.407 e. The molecule has 7 heteroatoms. The van der Waals surface area contributed by atoms with E-state index >= 15 is 0 Å². The first kappa shape index (κ1) is 23.1. The number of hydrogen-bond acceptors (Lipinski definition) is 4. The van der Waals surface area contributed by atoms with Gasteiger partial charge in [-0.25, -0.2) is 4.79 Å². The lowest BCUT2D eigenvalue weighted by molar-refractivity contribution is -0.146. The van der Waals surface area contributed by atoms with Crippen molar-refractivity contribution in [1.29, 1.82) is 0 Å². The molecule has 0 radical (unpaired) electrons. The summed E-state index contributed by atoms with van der Waals surface area (Å²) in [5, 5.41) is 12.4. The van der Waals surface area contributed by atoms with E-state index in [4.69, 9.17) is 4.74 Å². The molecule has 1 saturated heterocycles. The molecule has 2 fully saturated rings. The Morgan fingerprint density at radius 3 is 2.26 bits per heavy atom. The van der Waals surface area contributed by atoms with Crippen LogP contribution in [-0.2, 0) is 14.3 Å². The van der Waals surface area contributed by atoms with Crippen LogP contribution in [0.25, 0.3) is 11.1 Å². The average molecular weight is 475 g/mol. The van der Waals surface area contributed by atoms with Gasteiger partial charge in [0.1, 0.15) is 12.6 Å². The van der Waals surface area contributed by atoms with Gasteiger partial charge in [0.2, 0.25) is 5.91 Å². The Morgan fingerprint density at radius 2 is 1.74 bits per heavy atom. The fourth-order valence-corrected chi connectivity index (χ4v) is 6.01. The van der Waals surface area contributed by atoms with Gasteiger partial charge in [0.15, 0.2) is 0 Å². The molecular formula is C28H30N2O5. The first-order valence-electron chi connectivity index (χ1n) is 12.2. The summed E-state index contributed by atoms with van der Waals surface area (Å²) in [6, 6.07) is 15.4. The number of fused-ring (bicyclic) bond motifs is 3. The summed E-state index contributed by atoms with van der Waals surface area (Å²) in [5.41, 5.74) is 4.18. The van der Waals surface area contributed by atoms with E-state index in [9.17, 15) is 19.5 Å². The zero-order valence-corrected chi connectivity index (χ0v) is 19.6. The lowest BCUT2D eigenvalue weighted by Gasteiger charge is -2.41. The quantitative estimate of drug-likeness (QED) is 0.587. The normalized spacial score (nSPS) is 20.5. The van der Waals surface area contributed by atoms with Crippen molar-refractivity contribution >= 4 is 18.0 Å². The highest BCUT2D eigenvalue weighted by Gasteiger charge is 2.55. The van der Waals surface area contributed by atoms with E-state index in [0.29, 0.717) is 6.54 Å². The molecule has 2 N–H and O–H groups in total. The molecule has 35 heavy (non-hydrogen) atoms. The number of amides is 2. The minimum Gasteiger partial charge on any atom is -0.481 e. The first-order chi connectivity index (χ1) is 16.9. The number of carboxylic acid groups (broad SMARTS) is 1. The summed E-state index contributed by atoms with van der Waals surface area (Å²) < 4.78 is 5.61. The molecule has 2 aromatic rings. The van der Waals surface area contributed by atoms with Gasteiger partial charge >= 0.3 is 12.1 Å². The van der Waals surface area contributed by atoms with Gasteiger partial charge < -0.3 is 20.1 Å². The molecule has 2 aromatic carbocycles. The van der Waals surface area contributed by atoms with Gasteiger partial charge in [-0.1, -0.05) is 61.0 Å². The predicted octanol–water partition coefficient (Wildman–Crippen LogP) is 4.18. The lowest BCUT2D eigenvalue weighted by atomic mass is 9.63. The summed E-state index contributed by atoms with van der Waals surface area (Å²) >= 11 is 0. The van der Waals surface area contributed by atoms with Crippen molar-refractivity contribution in [2.75, 3.05) is 19.7 Å². The minimum atomic E-state index is -0.857. The molecule has 1 spiro atoms. The second kappa shape index (κ2) is 9.21. The number of likely N-dealkylation sites (tertiary alicyclic amines) is 1. The number of nitrogens with one attached hydrogen (secondary N) is 1. The number of carbonyl (C=O) groups is 3. The monoisotopic (exact) mass is 474 g/mol. The molecule has 1 aliphatic heterocycles. The van der Waals surface area contributed by atoms with Crippen molar-refractivity contribution < 1.29 is 24.2 Å². The maximum atomic E-state index is 13.3. The lowest BCUT2D eigenvalue weighted by Crippen LogP contribution is -2.48. The molecule has 2 atom stereocenters. The number of hydrogen-bond donors (Lipinski definition) is 2. The fourth-order valence-electron chi connectivity index (χ4n) is 6.01. The van der Waals surface area contributed by atoms with Crippen LogP contribution < -0.4 is 5.32 Å². The van der Waals surface area contributed by atoms with Gasteiger partial charge in [0.25, 0.3) is 0 Å². The van der Waals surface area contributed by atoms with Crippen LogP contribution in [0.1, 0.15) is 42.7 Å². The standard InChI is InChI=1S/C28H30N2O5/c1-2-8-24(25(31)30-15-23(26(32)33)28(17-30)13-7-14-28)29-27(34)35-16-22-20-11-5-3-9-18(20)19-10-4-6-12-21(19)22/h2-6,9-12,22-24H,1,7-8,13-17H2,(H,29,34)(H,32,33). The molecule has 3 aliphatic rings. The number of carboxylic acids is 1. The van der Waals surface area contributed by atoms with E-state index in [2.05, 4.69) is 24.0 Å². The molecule has 182 valence electrons. The third-order valence-electron chi connectivity index (χ3n) is 7.94. The van der Waals surface area contributed by atoms with E-state index in [0.717, 1.165) is 41.5 Å². The second-order valence-corrected chi connectivity index (χ2v) is 9.87. The van der Waals surface area contributed by atoms with E-state index in [1.54, 1.807) is 11.0 Å². The van der Waals surface area contributed by atoms with Crippen LogP contribution >= 0.6 is 0 Å². The predicted molar refractivity (Wildman–Crippen MR) is 131 cm³/mol. The number of benzene rings is 2. The van der Waals surface area contributed by atoms with Crippen molar-refractivity contribution in [2.24, 2.45) is 11.3 Å². The third kappa shape index (κ3) is 4.09. The zero-order chi connectivity index (χ0) is 24.6. The van der Waals surface area contributed by atoms with Crippen LogP contribution in [0.2, 0.25) is 0 Å². The van der Waals surface area contributed by atoms with Gasteiger partial charge in [-0.3, -0.25) is 9.59 Å². The van der Waals surface area contributed by atoms with E-state index < -0.39 is 24.0 Å². The summed E-state index contributed by atoms with van der Waals surface area (Å²) in [6.45, 7) is 4.47. The van der Waals surface area contributed by atoms with E-state index in [1.807, 2.05) is 36.4 Å². The number of ether oxygens (including phenoxy) is 1. The van der Waals surface area contributed by atoms with Crippen LogP contribution in [0.4, 0.5) is 4.79 Å². The van der Waals surface area contributed by atoms with Crippen molar-refractivity contribution in [2.45, 2.75) is 37.6 Å². The molecule has 1 saturated carbocycles. The Hall–Kier alpha value is -3.61. The van der Waals surface area contributed by atoms with Gasteiger partial charge in [0, 0.05) is 24.4 Å². The number of carbonyl (C=O) groups excluding carboxylic acids is 2. The Kier molecular flexibility index (Phi) is 6.09. The van der Waals surface area contributed by atoms with Crippen LogP contribution in [-0.4, -0.2) is 53.7 Å². The molecule has 2 unspecified atom stereocenters. The van der Waals surface area contributed by atoms with Crippen molar-refractivity contribution in [1.82, 2.24) is 10.2 Å². The second-order valence-electron chi connectivity index (χ2n) is 9.87. The smallest absolute Gasteiger partial charge is 0.407 e. The van der Waals surface area contributed by atoms with Gasteiger partial charge in [0.05, 0.1) is 5.92 Å². The summed E-state index contributed by atoms with van der Waals surface area (Å²) in [5.74, 6) is -1.77. The van der Waals surface area contributed by atoms with E-state index in [1.165, 1.54) is 0 Å². The summed E-state index contributed by atoms with van der Waals surface area (Å²) in [4.78, 5) is 39.4. The van der Waals surface area contributed by atoms with Crippen molar-refractivity contribution in [3.05, 3.63) is 72.3 Å². The average Bonchev–Trinajstić information content (AvgIpc) is 3.40. The maximum absolute atomic E-state index is 13.3. The Morgan fingerprint density at radius 1 is 1.11 bits per heavy atom. The first-order valence-corrected chi connectivity index (χ1v) is 12.2. The van der Waals surface area contributed by atoms with Crippen molar-refractivity contribution in [3.63, 3.8) is 0 Å².